The second kappa shape index (κ2) is 6.98. The van der Waals surface area contributed by atoms with Gasteiger partial charge in [-0.1, -0.05) is 12.1 Å². The number of nitrogens with zero attached hydrogens (tertiary/aromatic N) is 2. The summed E-state index contributed by atoms with van der Waals surface area (Å²) >= 11 is 0. The lowest BCUT2D eigenvalue weighted by Crippen LogP contribution is -2.31. The minimum atomic E-state index is -0.00409. The van der Waals surface area contributed by atoms with E-state index in [-0.39, 0.29) is 17.9 Å². The van der Waals surface area contributed by atoms with E-state index in [9.17, 15) is 4.79 Å². The van der Waals surface area contributed by atoms with Gasteiger partial charge in [0.05, 0.1) is 25.5 Å². The van der Waals surface area contributed by atoms with Crippen molar-refractivity contribution >= 4 is 5.91 Å². The van der Waals surface area contributed by atoms with Gasteiger partial charge in [-0.2, -0.15) is 5.10 Å². The molecule has 1 aromatic carbocycles. The third kappa shape index (κ3) is 3.32. The van der Waals surface area contributed by atoms with Crippen LogP contribution in [0, 0.1) is 5.92 Å². The maximum atomic E-state index is 12.7. The van der Waals surface area contributed by atoms with E-state index in [0.29, 0.717) is 19.8 Å². The summed E-state index contributed by atoms with van der Waals surface area (Å²) in [5, 5.41) is 7.33. The van der Waals surface area contributed by atoms with Gasteiger partial charge < -0.3 is 14.8 Å². The topological polar surface area (TPSA) is 65.4 Å². The molecule has 1 fully saturated rings. The average molecular weight is 341 g/mol. The van der Waals surface area contributed by atoms with E-state index < -0.39 is 0 Å². The molecule has 2 aliphatic rings. The molecule has 0 radical (unpaired) electrons. The highest BCUT2D eigenvalue weighted by Crippen LogP contribution is 2.33. The zero-order valence-electron chi connectivity index (χ0n) is 14.4. The SMILES string of the molecule is Cn1cc([C@@H]2OCC[C@H]2CNC(=O)c2cccc3c2CCOC3)cn1. The highest BCUT2D eigenvalue weighted by Gasteiger charge is 2.31. The number of aromatic nitrogens is 2. The number of fused-ring (bicyclic) bond motifs is 1. The zero-order valence-corrected chi connectivity index (χ0v) is 14.4. The van der Waals surface area contributed by atoms with Crippen LogP contribution in [0.1, 0.15) is 39.6 Å². The summed E-state index contributed by atoms with van der Waals surface area (Å²) in [6.45, 7) is 2.60. The van der Waals surface area contributed by atoms with Crippen molar-refractivity contribution in [3.05, 3.63) is 52.8 Å². The Bertz CT molecular complexity index is 771. The lowest BCUT2D eigenvalue weighted by molar-refractivity contribution is 0.0842. The molecule has 4 rings (SSSR count). The molecular formula is C19H23N3O3. The molecule has 6 nitrogen and oxygen atoms in total. The molecule has 0 spiro atoms. The number of rotatable bonds is 4. The van der Waals surface area contributed by atoms with Crippen LogP contribution < -0.4 is 5.32 Å². The molecule has 2 aliphatic heterocycles. The Morgan fingerprint density at radius 1 is 1.40 bits per heavy atom. The van der Waals surface area contributed by atoms with E-state index in [1.165, 1.54) is 0 Å². The fourth-order valence-electron chi connectivity index (χ4n) is 3.75. The van der Waals surface area contributed by atoms with Gasteiger partial charge in [-0.15, -0.1) is 0 Å². The summed E-state index contributed by atoms with van der Waals surface area (Å²) in [7, 11) is 1.90. The number of carbonyl (C=O) groups excluding carboxylic acids is 1. The summed E-state index contributed by atoms with van der Waals surface area (Å²) < 4.78 is 13.1. The lowest BCUT2D eigenvalue weighted by Gasteiger charge is -2.21. The smallest absolute Gasteiger partial charge is 0.251 e. The standard InChI is InChI=1S/C19H23N3O3/c1-22-11-15(10-21-22)18-13(5-8-25-18)9-20-19(23)17-4-2-3-14-12-24-7-6-16(14)17/h2-4,10-11,13,18H,5-9,12H2,1H3,(H,20,23)/t13-,18+/m0/s1. The van der Waals surface area contributed by atoms with Crippen molar-refractivity contribution in [2.45, 2.75) is 25.6 Å². The first-order valence-corrected chi connectivity index (χ1v) is 8.79. The minimum absolute atomic E-state index is 0.00409. The van der Waals surface area contributed by atoms with E-state index in [4.69, 9.17) is 9.47 Å². The van der Waals surface area contributed by atoms with Crippen LogP contribution in [0.3, 0.4) is 0 Å². The van der Waals surface area contributed by atoms with Crippen LogP contribution >= 0.6 is 0 Å². The van der Waals surface area contributed by atoms with Gasteiger partial charge in [0.2, 0.25) is 0 Å². The summed E-state index contributed by atoms with van der Waals surface area (Å²) in [5.41, 5.74) is 4.10. The van der Waals surface area contributed by atoms with Crippen molar-refractivity contribution in [3.63, 3.8) is 0 Å². The fraction of sp³-hybridized carbons (Fsp3) is 0.474. The molecule has 6 heteroatoms. The highest BCUT2D eigenvalue weighted by atomic mass is 16.5. The van der Waals surface area contributed by atoms with Crippen molar-refractivity contribution in [1.29, 1.82) is 0 Å². The van der Waals surface area contributed by atoms with Gasteiger partial charge in [-0.05, 0) is 30.0 Å². The van der Waals surface area contributed by atoms with Gasteiger partial charge in [0, 0.05) is 43.4 Å². The molecule has 3 heterocycles. The van der Waals surface area contributed by atoms with E-state index >= 15 is 0 Å². The monoisotopic (exact) mass is 341 g/mol. The van der Waals surface area contributed by atoms with Crippen LogP contribution in [0.15, 0.2) is 30.6 Å². The van der Waals surface area contributed by atoms with Crippen LogP contribution in [0.5, 0.6) is 0 Å². The van der Waals surface area contributed by atoms with Crippen molar-refractivity contribution in [2.24, 2.45) is 13.0 Å². The van der Waals surface area contributed by atoms with Gasteiger partial charge in [0.15, 0.2) is 0 Å². The molecule has 2 aromatic rings. The zero-order chi connectivity index (χ0) is 17.2. The molecule has 0 aliphatic carbocycles. The number of hydrogen-bond donors (Lipinski definition) is 1. The molecule has 0 saturated carbocycles. The molecule has 1 aromatic heterocycles. The van der Waals surface area contributed by atoms with E-state index in [0.717, 1.165) is 41.7 Å². The highest BCUT2D eigenvalue weighted by molar-refractivity contribution is 5.96. The lowest BCUT2D eigenvalue weighted by atomic mass is 9.95. The Balaban J connectivity index is 1.43. The molecular weight excluding hydrogens is 318 g/mol. The molecule has 1 N–H and O–H groups in total. The van der Waals surface area contributed by atoms with Crippen LogP contribution in [0.2, 0.25) is 0 Å². The predicted octanol–water partition coefficient (Wildman–Crippen LogP) is 2.00. The normalized spacial score (nSPS) is 22.6. The molecule has 132 valence electrons. The first-order chi connectivity index (χ1) is 12.2. The van der Waals surface area contributed by atoms with E-state index in [2.05, 4.69) is 10.4 Å². The predicted molar refractivity (Wildman–Crippen MR) is 92.1 cm³/mol. The number of benzene rings is 1. The maximum Gasteiger partial charge on any atom is 0.251 e. The van der Waals surface area contributed by atoms with Gasteiger partial charge in [-0.25, -0.2) is 0 Å². The van der Waals surface area contributed by atoms with Gasteiger partial charge in [-0.3, -0.25) is 9.48 Å². The molecule has 25 heavy (non-hydrogen) atoms. The van der Waals surface area contributed by atoms with Crippen LogP contribution in [-0.4, -0.2) is 35.4 Å². The quantitative estimate of drug-likeness (QED) is 0.924. The molecule has 0 unspecified atom stereocenters. The van der Waals surface area contributed by atoms with Gasteiger partial charge in [0.25, 0.3) is 5.91 Å². The second-order valence-electron chi connectivity index (χ2n) is 6.74. The number of nitrogens with one attached hydrogen (secondary N) is 1. The Morgan fingerprint density at radius 3 is 3.16 bits per heavy atom. The molecule has 2 atom stereocenters. The Kier molecular flexibility index (Phi) is 4.55. The Labute approximate surface area is 147 Å². The minimum Gasteiger partial charge on any atom is -0.376 e. The van der Waals surface area contributed by atoms with Gasteiger partial charge in [0.1, 0.15) is 0 Å². The molecule has 0 bridgehead atoms. The number of ether oxygens (including phenoxy) is 2. The first-order valence-electron chi connectivity index (χ1n) is 8.79. The maximum absolute atomic E-state index is 12.7. The average Bonchev–Trinajstić information content (AvgIpc) is 3.27. The van der Waals surface area contributed by atoms with Crippen molar-refractivity contribution in [3.8, 4) is 0 Å². The molecule has 1 saturated heterocycles. The summed E-state index contributed by atoms with van der Waals surface area (Å²) in [6.07, 6.45) is 5.58. The number of carbonyl (C=O) groups is 1. The Morgan fingerprint density at radius 2 is 2.32 bits per heavy atom. The number of aryl methyl sites for hydroxylation is 1. The van der Waals surface area contributed by atoms with Crippen LogP contribution in [-0.2, 0) is 29.5 Å². The van der Waals surface area contributed by atoms with Crippen LogP contribution in [0.25, 0.3) is 0 Å². The third-order valence-corrected chi connectivity index (χ3v) is 5.06. The van der Waals surface area contributed by atoms with Crippen molar-refractivity contribution in [2.75, 3.05) is 19.8 Å². The van der Waals surface area contributed by atoms with Crippen molar-refractivity contribution < 1.29 is 14.3 Å². The first kappa shape index (κ1) is 16.3. The van der Waals surface area contributed by atoms with E-state index in [1.54, 1.807) is 4.68 Å². The third-order valence-electron chi connectivity index (χ3n) is 5.06. The summed E-state index contributed by atoms with van der Waals surface area (Å²) in [5.74, 6) is 0.270. The fourth-order valence-corrected chi connectivity index (χ4v) is 3.75. The van der Waals surface area contributed by atoms with Crippen molar-refractivity contribution in [1.82, 2.24) is 15.1 Å². The van der Waals surface area contributed by atoms with E-state index in [1.807, 2.05) is 37.6 Å². The Hall–Kier alpha value is -2.18. The van der Waals surface area contributed by atoms with Crippen LogP contribution in [0.4, 0.5) is 0 Å². The summed E-state index contributed by atoms with van der Waals surface area (Å²) in [6, 6.07) is 5.87. The number of amides is 1. The number of hydrogen-bond acceptors (Lipinski definition) is 4. The second-order valence-corrected chi connectivity index (χ2v) is 6.74. The molecule has 1 amide bonds. The largest absolute Gasteiger partial charge is 0.376 e. The summed E-state index contributed by atoms with van der Waals surface area (Å²) in [4.78, 5) is 12.7. The van der Waals surface area contributed by atoms with Gasteiger partial charge >= 0.3 is 0 Å².